The summed E-state index contributed by atoms with van der Waals surface area (Å²) in [6.07, 6.45) is 4.55. The van der Waals surface area contributed by atoms with Crippen molar-refractivity contribution in [2.75, 3.05) is 13.1 Å². The van der Waals surface area contributed by atoms with E-state index in [-0.39, 0.29) is 24.0 Å². The third-order valence-corrected chi connectivity index (χ3v) is 3.06. The molecule has 0 aliphatic rings. The van der Waals surface area contributed by atoms with E-state index in [2.05, 4.69) is 21.9 Å². The Kier molecular flexibility index (Phi) is 6.87. The molecule has 0 saturated carbocycles. The predicted molar refractivity (Wildman–Crippen MR) is 97.1 cm³/mol. The molecule has 2 rings (SSSR count). The van der Waals surface area contributed by atoms with Gasteiger partial charge in [-0.05, 0) is 30.2 Å². The minimum absolute atomic E-state index is 0. The van der Waals surface area contributed by atoms with E-state index in [1.165, 1.54) is 5.56 Å². The molecule has 0 bridgehead atoms. The van der Waals surface area contributed by atoms with E-state index in [9.17, 15) is 0 Å². The lowest BCUT2D eigenvalue weighted by molar-refractivity contribution is 0.934. The van der Waals surface area contributed by atoms with Crippen LogP contribution in [0.15, 0.2) is 42.0 Å². The Morgan fingerprint density at radius 1 is 1.50 bits per heavy atom. The van der Waals surface area contributed by atoms with Crippen LogP contribution in [0.3, 0.4) is 0 Å². The van der Waals surface area contributed by atoms with E-state index in [0.717, 1.165) is 22.3 Å². The van der Waals surface area contributed by atoms with Gasteiger partial charge in [-0.2, -0.15) is 0 Å². The number of rotatable bonds is 5. The fourth-order valence-corrected chi connectivity index (χ4v) is 2.06. The van der Waals surface area contributed by atoms with Gasteiger partial charge < -0.3 is 16.0 Å². The van der Waals surface area contributed by atoms with E-state index in [4.69, 9.17) is 17.3 Å². The van der Waals surface area contributed by atoms with E-state index in [1.54, 1.807) is 6.08 Å². The maximum Gasteiger partial charge on any atom is 0.188 e. The van der Waals surface area contributed by atoms with Crippen molar-refractivity contribution in [2.45, 2.75) is 6.42 Å². The Morgan fingerprint density at radius 2 is 2.30 bits per heavy atom. The fourth-order valence-electron chi connectivity index (χ4n) is 1.89. The van der Waals surface area contributed by atoms with Crippen LogP contribution in [0.4, 0.5) is 0 Å². The molecule has 20 heavy (non-hydrogen) atoms. The number of guanidine groups is 1. The van der Waals surface area contributed by atoms with Crippen molar-refractivity contribution >= 4 is 52.4 Å². The van der Waals surface area contributed by atoms with Gasteiger partial charge in [0.1, 0.15) is 0 Å². The molecule has 4 nitrogen and oxygen atoms in total. The molecule has 2 aromatic rings. The van der Waals surface area contributed by atoms with Gasteiger partial charge in [-0.1, -0.05) is 17.7 Å². The van der Waals surface area contributed by atoms with Crippen LogP contribution in [-0.4, -0.2) is 24.0 Å². The molecular formula is C14H18ClIN4. The maximum absolute atomic E-state index is 6.01. The number of benzene rings is 1. The molecule has 1 heterocycles. The number of aliphatic imine (C=N–C) groups is 1. The summed E-state index contributed by atoms with van der Waals surface area (Å²) in [5.41, 5.74) is 7.97. The highest BCUT2D eigenvalue weighted by atomic mass is 127. The second-order valence-electron chi connectivity index (χ2n) is 4.19. The number of H-pyrrole nitrogens is 1. The Bertz CT molecular complexity index is 606. The molecule has 0 unspecified atom stereocenters. The Morgan fingerprint density at radius 3 is 3.05 bits per heavy atom. The summed E-state index contributed by atoms with van der Waals surface area (Å²) in [5.74, 6) is 0.442. The van der Waals surface area contributed by atoms with Crippen LogP contribution >= 0.6 is 35.6 Å². The highest BCUT2D eigenvalue weighted by Crippen LogP contribution is 2.22. The highest BCUT2D eigenvalue weighted by molar-refractivity contribution is 14.0. The second-order valence-corrected chi connectivity index (χ2v) is 4.63. The van der Waals surface area contributed by atoms with Crippen LogP contribution in [0, 0.1) is 0 Å². The monoisotopic (exact) mass is 404 g/mol. The smallest absolute Gasteiger partial charge is 0.188 e. The topological polar surface area (TPSA) is 66.2 Å². The zero-order chi connectivity index (χ0) is 13.7. The van der Waals surface area contributed by atoms with Crippen molar-refractivity contribution in [1.29, 1.82) is 0 Å². The van der Waals surface area contributed by atoms with Gasteiger partial charge in [0.25, 0.3) is 0 Å². The summed E-state index contributed by atoms with van der Waals surface area (Å²) in [7, 11) is 0. The first kappa shape index (κ1) is 16.8. The first-order chi connectivity index (χ1) is 9.20. The van der Waals surface area contributed by atoms with Gasteiger partial charge in [0.2, 0.25) is 0 Å². The van der Waals surface area contributed by atoms with Gasteiger partial charge in [-0.3, -0.25) is 4.99 Å². The summed E-state index contributed by atoms with van der Waals surface area (Å²) in [4.78, 5) is 7.47. The molecule has 0 radical (unpaired) electrons. The molecule has 1 aromatic heterocycles. The van der Waals surface area contributed by atoms with Crippen LogP contribution in [0.5, 0.6) is 0 Å². The minimum Gasteiger partial charge on any atom is -0.370 e. The zero-order valence-corrected chi connectivity index (χ0v) is 14.1. The summed E-state index contributed by atoms with van der Waals surface area (Å²) in [6, 6.07) is 5.82. The number of hydrogen-bond acceptors (Lipinski definition) is 1. The predicted octanol–water partition coefficient (Wildman–Crippen LogP) is 3.07. The number of fused-ring (bicyclic) bond motifs is 1. The third kappa shape index (κ3) is 4.42. The van der Waals surface area contributed by atoms with E-state index in [0.29, 0.717) is 19.0 Å². The average molecular weight is 405 g/mol. The molecule has 0 spiro atoms. The van der Waals surface area contributed by atoms with Crippen molar-refractivity contribution in [3.8, 4) is 0 Å². The van der Waals surface area contributed by atoms with Gasteiger partial charge in [0.05, 0.1) is 0 Å². The van der Waals surface area contributed by atoms with Crippen LogP contribution in [0.2, 0.25) is 5.02 Å². The lowest BCUT2D eigenvalue weighted by Crippen LogP contribution is -2.31. The molecule has 0 atom stereocenters. The number of halogens is 2. The average Bonchev–Trinajstić information content (AvgIpc) is 2.79. The van der Waals surface area contributed by atoms with Crippen LogP contribution in [0.1, 0.15) is 5.56 Å². The lowest BCUT2D eigenvalue weighted by atomic mass is 10.1. The number of hydrogen-bond donors (Lipinski definition) is 3. The first-order valence-corrected chi connectivity index (χ1v) is 6.48. The maximum atomic E-state index is 6.01. The van der Waals surface area contributed by atoms with Crippen molar-refractivity contribution in [2.24, 2.45) is 10.7 Å². The van der Waals surface area contributed by atoms with E-state index >= 15 is 0 Å². The number of nitrogens with one attached hydrogen (secondary N) is 2. The molecule has 0 aliphatic carbocycles. The number of aromatic nitrogens is 1. The Labute approximate surface area is 140 Å². The number of aromatic amines is 1. The van der Waals surface area contributed by atoms with Crippen LogP contribution < -0.4 is 11.1 Å². The van der Waals surface area contributed by atoms with Crippen LogP contribution in [-0.2, 0) is 6.42 Å². The molecule has 0 aliphatic heterocycles. The van der Waals surface area contributed by atoms with Gasteiger partial charge in [0, 0.05) is 35.2 Å². The molecule has 6 heteroatoms. The zero-order valence-electron chi connectivity index (χ0n) is 11.0. The quantitative estimate of drug-likeness (QED) is 0.310. The molecular weight excluding hydrogens is 387 g/mol. The second kappa shape index (κ2) is 8.16. The summed E-state index contributed by atoms with van der Waals surface area (Å²) >= 11 is 6.01. The summed E-state index contributed by atoms with van der Waals surface area (Å²) < 4.78 is 0. The first-order valence-electron chi connectivity index (χ1n) is 6.11. The highest BCUT2D eigenvalue weighted by Gasteiger charge is 2.03. The van der Waals surface area contributed by atoms with Gasteiger partial charge in [-0.25, -0.2) is 0 Å². The number of nitrogens with zero attached hydrogens (tertiary/aromatic N) is 1. The van der Waals surface area contributed by atoms with Crippen molar-refractivity contribution in [3.63, 3.8) is 0 Å². The van der Waals surface area contributed by atoms with Crippen molar-refractivity contribution in [1.82, 2.24) is 10.3 Å². The molecule has 0 fully saturated rings. The number of nitrogens with two attached hydrogens (primary N) is 1. The van der Waals surface area contributed by atoms with Gasteiger partial charge in [-0.15, -0.1) is 30.6 Å². The largest absolute Gasteiger partial charge is 0.370 e. The van der Waals surface area contributed by atoms with E-state index < -0.39 is 0 Å². The Hall–Kier alpha value is -1.21. The standard InChI is InChI=1S/C14H17ClN4.HI/c1-2-6-17-14(16)18-7-5-10-9-19-13-4-3-11(15)8-12(10)13;/h2-4,8-9,19H,1,5-7H2,(H3,16,17,18);1H. The molecule has 108 valence electrons. The van der Waals surface area contributed by atoms with Crippen LogP contribution in [0.25, 0.3) is 10.9 Å². The molecule has 1 aromatic carbocycles. The molecule has 4 N–H and O–H groups in total. The fraction of sp³-hybridized carbons (Fsp3) is 0.214. The van der Waals surface area contributed by atoms with Gasteiger partial charge in [0.15, 0.2) is 5.96 Å². The summed E-state index contributed by atoms with van der Waals surface area (Å²) in [6.45, 7) is 4.86. The van der Waals surface area contributed by atoms with E-state index in [1.807, 2.05) is 24.4 Å². The third-order valence-electron chi connectivity index (χ3n) is 2.82. The molecule has 0 amide bonds. The molecule has 0 saturated heterocycles. The van der Waals surface area contributed by atoms with Crippen molar-refractivity contribution in [3.05, 3.63) is 47.6 Å². The summed E-state index contributed by atoms with van der Waals surface area (Å²) in [5, 5.41) is 4.82. The normalized spacial score (nSPS) is 11.2. The van der Waals surface area contributed by atoms with Gasteiger partial charge >= 0.3 is 0 Å². The Balaban J connectivity index is 0.00000200. The minimum atomic E-state index is 0. The SMILES string of the molecule is C=CCNC(N)=NCCc1c[nH]c2ccc(Cl)cc12.I. The van der Waals surface area contributed by atoms with Crippen molar-refractivity contribution < 1.29 is 0 Å². The lowest BCUT2D eigenvalue weighted by Gasteiger charge is -2.02.